The summed E-state index contributed by atoms with van der Waals surface area (Å²) >= 11 is 0. The lowest BCUT2D eigenvalue weighted by atomic mass is 10.0. The monoisotopic (exact) mass is 252 g/mol. The van der Waals surface area contributed by atoms with Gasteiger partial charge in [0.05, 0.1) is 0 Å². The Morgan fingerprint density at radius 2 is 2.21 bits per heavy atom. The molecule has 1 aromatic rings. The van der Waals surface area contributed by atoms with Crippen molar-refractivity contribution in [3.63, 3.8) is 0 Å². The maximum Gasteiger partial charge on any atom is 0.316 e. The van der Waals surface area contributed by atoms with E-state index in [0.717, 1.165) is 11.8 Å². The van der Waals surface area contributed by atoms with Crippen molar-refractivity contribution in [1.82, 2.24) is 0 Å². The highest BCUT2D eigenvalue weighted by molar-refractivity contribution is 5.95. The van der Waals surface area contributed by atoms with Crippen molar-refractivity contribution in [2.45, 2.75) is 6.92 Å². The molecule has 4 nitrogen and oxygen atoms in total. The fourth-order valence-corrected chi connectivity index (χ4v) is 1.33. The minimum atomic E-state index is -0.822. The summed E-state index contributed by atoms with van der Waals surface area (Å²) in [7, 11) is 0. The van der Waals surface area contributed by atoms with Gasteiger partial charge in [-0.1, -0.05) is 30.6 Å². The van der Waals surface area contributed by atoms with Crippen molar-refractivity contribution in [3.8, 4) is 11.8 Å². The molecule has 1 N–H and O–H groups in total. The molecule has 4 heteroatoms. The summed E-state index contributed by atoms with van der Waals surface area (Å²) in [6.07, 6.45) is 4.27. The van der Waals surface area contributed by atoms with Crippen LogP contribution < -0.4 is 0 Å². The molecular weight excluding hydrogens is 240 g/mol. The van der Waals surface area contributed by atoms with Gasteiger partial charge in [0.2, 0.25) is 0 Å². The molecule has 0 radical (unpaired) electrons. The van der Waals surface area contributed by atoms with Crippen molar-refractivity contribution in [2.75, 3.05) is 0 Å². The number of nitrogens with one attached hydrogen (secondary N) is 1. The molecule has 0 bridgehead atoms. The predicted molar refractivity (Wildman–Crippen MR) is 75.2 cm³/mol. The van der Waals surface area contributed by atoms with Crippen LogP contribution >= 0.6 is 0 Å². The highest BCUT2D eigenvalue weighted by Gasteiger charge is 2.06. The van der Waals surface area contributed by atoms with Gasteiger partial charge in [-0.3, -0.25) is 4.79 Å². The van der Waals surface area contributed by atoms with E-state index in [9.17, 15) is 9.70 Å². The number of hydrogen-bond donors (Lipinski definition) is 1. The first kappa shape index (κ1) is 14.3. The lowest BCUT2D eigenvalue weighted by Gasteiger charge is -1.99. The molecule has 0 aliphatic rings. The summed E-state index contributed by atoms with van der Waals surface area (Å²) in [5, 5.41) is 9.54. The summed E-state index contributed by atoms with van der Waals surface area (Å²) in [5.74, 6) is 4.82. The third-order valence-corrected chi connectivity index (χ3v) is 2.36. The average Bonchev–Trinajstić information content (AvgIpc) is 2.44. The molecule has 0 aliphatic heterocycles. The third-order valence-electron chi connectivity index (χ3n) is 2.36. The average molecular weight is 252 g/mol. The summed E-state index contributed by atoms with van der Waals surface area (Å²) in [4.78, 5) is 21.4. The fourth-order valence-electron chi connectivity index (χ4n) is 1.33. The molecule has 1 rings (SSSR count). The van der Waals surface area contributed by atoms with E-state index in [1.807, 2.05) is 6.92 Å². The first-order valence-electron chi connectivity index (χ1n) is 5.46. The first-order chi connectivity index (χ1) is 9.12. The zero-order chi connectivity index (χ0) is 14.3. The number of benzene rings is 1. The topological polar surface area (TPSA) is 70.3 Å². The van der Waals surface area contributed by atoms with E-state index in [1.165, 1.54) is 18.2 Å². The van der Waals surface area contributed by atoms with Crippen LogP contribution in [0.1, 0.15) is 21.5 Å². The van der Waals surface area contributed by atoms with Crippen LogP contribution in [-0.2, 0) is 0 Å². The van der Waals surface area contributed by atoms with Crippen molar-refractivity contribution in [2.24, 2.45) is 5.18 Å². The minimum Gasteiger partial charge on any atom is -0.307 e. The van der Waals surface area contributed by atoms with Gasteiger partial charge in [-0.05, 0) is 30.7 Å². The SMILES string of the molecule is C=C/C=C(/C#Cc1cc(C(=O)N=O)ccc1C)C=N. The lowest BCUT2D eigenvalue weighted by molar-refractivity contribution is 0.100. The van der Waals surface area contributed by atoms with E-state index in [0.29, 0.717) is 11.1 Å². The molecule has 1 aromatic carbocycles. The number of amides is 1. The van der Waals surface area contributed by atoms with E-state index >= 15 is 0 Å². The van der Waals surface area contributed by atoms with E-state index in [-0.39, 0.29) is 5.56 Å². The third kappa shape index (κ3) is 3.86. The molecule has 19 heavy (non-hydrogen) atoms. The number of aryl methyl sites for hydroxylation is 1. The van der Waals surface area contributed by atoms with Gasteiger partial charge in [0.25, 0.3) is 0 Å². The largest absolute Gasteiger partial charge is 0.316 e. The number of carbonyl (C=O) groups is 1. The second-order valence-corrected chi connectivity index (χ2v) is 3.68. The molecule has 94 valence electrons. The summed E-state index contributed by atoms with van der Waals surface area (Å²) in [6, 6.07) is 4.74. The molecule has 0 saturated carbocycles. The van der Waals surface area contributed by atoms with Crippen LogP contribution in [-0.4, -0.2) is 12.1 Å². The normalized spacial score (nSPS) is 10.1. The number of carbonyl (C=O) groups excluding carboxylic acids is 1. The highest BCUT2D eigenvalue weighted by Crippen LogP contribution is 2.11. The van der Waals surface area contributed by atoms with Crippen LogP contribution in [0.15, 0.2) is 47.7 Å². The molecule has 0 aromatic heterocycles. The molecule has 0 unspecified atom stereocenters. The molecule has 1 amide bonds. The zero-order valence-electron chi connectivity index (χ0n) is 10.4. The first-order valence-corrected chi connectivity index (χ1v) is 5.46. The minimum absolute atomic E-state index is 0.203. The Labute approximate surface area is 111 Å². The van der Waals surface area contributed by atoms with Gasteiger partial charge in [0.15, 0.2) is 0 Å². The van der Waals surface area contributed by atoms with Crippen molar-refractivity contribution < 1.29 is 4.79 Å². The van der Waals surface area contributed by atoms with E-state index in [4.69, 9.17) is 5.41 Å². The predicted octanol–water partition coefficient (Wildman–Crippen LogP) is 3.02. The summed E-state index contributed by atoms with van der Waals surface area (Å²) < 4.78 is 0. The molecule has 0 spiro atoms. The number of allylic oxidation sites excluding steroid dienone is 3. The highest BCUT2D eigenvalue weighted by atomic mass is 16.3. The molecule has 0 heterocycles. The van der Waals surface area contributed by atoms with Gasteiger partial charge in [-0.15, -0.1) is 4.91 Å². The van der Waals surface area contributed by atoms with Crippen LogP contribution in [0.25, 0.3) is 0 Å². The Morgan fingerprint density at radius 1 is 1.47 bits per heavy atom. The molecular formula is C15H12N2O2. The van der Waals surface area contributed by atoms with Crippen LogP contribution in [0.5, 0.6) is 0 Å². The van der Waals surface area contributed by atoms with Gasteiger partial charge < -0.3 is 5.41 Å². The van der Waals surface area contributed by atoms with Crippen LogP contribution in [0.2, 0.25) is 0 Å². The standard InChI is InChI=1S/C15H12N2O2/c1-3-4-12(10-16)6-8-13-9-14(15(18)17-19)7-5-11(13)2/h3-5,7,9-10,16H,1H2,2H3/b12-4-,16-10?. The van der Waals surface area contributed by atoms with Gasteiger partial charge in [0.1, 0.15) is 0 Å². The number of nitroso groups, excluding NO2 is 1. The van der Waals surface area contributed by atoms with Crippen LogP contribution in [0.4, 0.5) is 0 Å². The Bertz CT molecular complexity index is 631. The van der Waals surface area contributed by atoms with E-state index in [2.05, 4.69) is 23.6 Å². The van der Waals surface area contributed by atoms with E-state index < -0.39 is 5.91 Å². The fraction of sp³-hybridized carbons (Fsp3) is 0.0667. The molecule has 0 saturated heterocycles. The number of hydrogen-bond acceptors (Lipinski definition) is 3. The second kappa shape index (κ2) is 6.82. The zero-order valence-corrected chi connectivity index (χ0v) is 10.4. The van der Waals surface area contributed by atoms with E-state index in [1.54, 1.807) is 12.1 Å². The molecule has 0 aliphatic carbocycles. The van der Waals surface area contributed by atoms with Gasteiger partial charge in [0, 0.05) is 28.1 Å². The maximum absolute atomic E-state index is 11.2. The molecule has 0 fully saturated rings. The Kier molecular flexibility index (Phi) is 5.12. The number of nitrogens with zero attached hydrogens (tertiary/aromatic N) is 1. The Hall–Kier alpha value is -2.80. The van der Waals surface area contributed by atoms with Crippen molar-refractivity contribution >= 4 is 12.1 Å². The molecule has 0 atom stereocenters. The Balaban J connectivity index is 3.21. The van der Waals surface area contributed by atoms with Gasteiger partial charge in [-0.2, -0.15) is 0 Å². The van der Waals surface area contributed by atoms with Crippen LogP contribution in [0, 0.1) is 29.1 Å². The number of rotatable bonds is 3. The van der Waals surface area contributed by atoms with Gasteiger partial charge >= 0.3 is 5.91 Å². The van der Waals surface area contributed by atoms with Gasteiger partial charge in [-0.25, -0.2) is 0 Å². The quantitative estimate of drug-likeness (QED) is 0.389. The van der Waals surface area contributed by atoms with Crippen molar-refractivity contribution in [3.05, 3.63) is 64.1 Å². The summed E-state index contributed by atoms with van der Waals surface area (Å²) in [6.45, 7) is 5.37. The summed E-state index contributed by atoms with van der Waals surface area (Å²) in [5.41, 5.74) is 2.19. The Morgan fingerprint density at radius 3 is 2.79 bits per heavy atom. The smallest absolute Gasteiger partial charge is 0.307 e. The van der Waals surface area contributed by atoms with Crippen molar-refractivity contribution in [1.29, 1.82) is 5.41 Å². The van der Waals surface area contributed by atoms with Crippen LogP contribution in [0.3, 0.4) is 0 Å². The second-order valence-electron chi connectivity index (χ2n) is 3.68. The lowest BCUT2D eigenvalue weighted by Crippen LogP contribution is -1.95. The maximum atomic E-state index is 11.2.